The SMILES string of the molecule is NC(=S)C1CCCN1C(=O)Cc1ccc(Br)cc1. The number of rotatable bonds is 3. The molecule has 3 nitrogen and oxygen atoms in total. The van der Waals surface area contributed by atoms with Gasteiger partial charge in [0.2, 0.25) is 5.91 Å². The van der Waals surface area contributed by atoms with Crippen LogP contribution < -0.4 is 5.73 Å². The molecule has 0 spiro atoms. The molecule has 1 aromatic rings. The molecular weight excluding hydrogens is 312 g/mol. The first-order valence-corrected chi connectivity index (χ1v) is 7.11. The first kappa shape index (κ1) is 13.5. The topological polar surface area (TPSA) is 46.3 Å². The molecule has 0 bridgehead atoms. The minimum absolute atomic E-state index is 0.0528. The fourth-order valence-corrected chi connectivity index (χ4v) is 2.75. The van der Waals surface area contributed by atoms with Crippen molar-refractivity contribution < 1.29 is 4.79 Å². The maximum atomic E-state index is 12.2. The summed E-state index contributed by atoms with van der Waals surface area (Å²) in [6, 6.07) is 7.74. The molecule has 1 atom stereocenters. The maximum Gasteiger partial charge on any atom is 0.227 e. The highest BCUT2D eigenvalue weighted by Gasteiger charge is 2.30. The molecule has 1 fully saturated rings. The van der Waals surface area contributed by atoms with E-state index in [2.05, 4.69) is 15.9 Å². The quantitative estimate of drug-likeness (QED) is 0.867. The number of likely N-dealkylation sites (tertiary alicyclic amines) is 1. The predicted molar refractivity (Wildman–Crippen MR) is 79.4 cm³/mol. The Morgan fingerprint density at radius 2 is 2.11 bits per heavy atom. The van der Waals surface area contributed by atoms with Crippen LogP contribution in [0.4, 0.5) is 0 Å². The Kier molecular flexibility index (Phi) is 4.35. The van der Waals surface area contributed by atoms with Crippen molar-refractivity contribution in [3.63, 3.8) is 0 Å². The number of thiocarbonyl (C=S) groups is 1. The summed E-state index contributed by atoms with van der Waals surface area (Å²) in [5, 5.41) is 0. The van der Waals surface area contributed by atoms with Crippen molar-refractivity contribution in [3.8, 4) is 0 Å². The van der Waals surface area contributed by atoms with Gasteiger partial charge >= 0.3 is 0 Å². The number of halogens is 1. The number of nitrogens with zero attached hydrogens (tertiary/aromatic N) is 1. The molecule has 0 aliphatic carbocycles. The van der Waals surface area contributed by atoms with Crippen LogP contribution in [0.15, 0.2) is 28.7 Å². The van der Waals surface area contributed by atoms with E-state index in [4.69, 9.17) is 18.0 Å². The lowest BCUT2D eigenvalue weighted by atomic mass is 10.1. The molecule has 2 N–H and O–H groups in total. The summed E-state index contributed by atoms with van der Waals surface area (Å²) in [7, 11) is 0. The molecule has 2 rings (SSSR count). The Morgan fingerprint density at radius 1 is 1.44 bits per heavy atom. The molecule has 1 amide bonds. The van der Waals surface area contributed by atoms with Crippen LogP contribution in [0, 0.1) is 0 Å². The highest BCUT2D eigenvalue weighted by atomic mass is 79.9. The minimum Gasteiger partial charge on any atom is -0.392 e. The molecule has 0 saturated carbocycles. The van der Waals surface area contributed by atoms with Crippen molar-refractivity contribution in [2.75, 3.05) is 6.54 Å². The molecule has 1 aromatic carbocycles. The van der Waals surface area contributed by atoms with Crippen LogP contribution >= 0.6 is 28.1 Å². The van der Waals surface area contributed by atoms with Gasteiger partial charge in [-0.2, -0.15) is 0 Å². The van der Waals surface area contributed by atoms with Crippen LogP contribution in [0.25, 0.3) is 0 Å². The number of benzene rings is 1. The Morgan fingerprint density at radius 3 is 2.72 bits per heavy atom. The fourth-order valence-electron chi connectivity index (χ4n) is 2.24. The van der Waals surface area contributed by atoms with E-state index in [-0.39, 0.29) is 11.9 Å². The number of nitrogens with two attached hydrogens (primary N) is 1. The van der Waals surface area contributed by atoms with E-state index in [0.717, 1.165) is 29.4 Å². The van der Waals surface area contributed by atoms with Gasteiger partial charge in [0, 0.05) is 11.0 Å². The van der Waals surface area contributed by atoms with Crippen LogP contribution in [0.2, 0.25) is 0 Å². The lowest BCUT2D eigenvalue weighted by molar-refractivity contribution is -0.130. The van der Waals surface area contributed by atoms with Gasteiger partial charge in [-0.3, -0.25) is 4.79 Å². The van der Waals surface area contributed by atoms with E-state index in [9.17, 15) is 4.79 Å². The molecule has 96 valence electrons. The van der Waals surface area contributed by atoms with Crippen molar-refractivity contribution in [1.29, 1.82) is 0 Å². The zero-order chi connectivity index (χ0) is 13.1. The van der Waals surface area contributed by atoms with Crippen LogP contribution in [-0.4, -0.2) is 28.4 Å². The lowest BCUT2D eigenvalue weighted by Crippen LogP contribution is -2.43. The van der Waals surface area contributed by atoms with Crippen molar-refractivity contribution in [1.82, 2.24) is 4.90 Å². The zero-order valence-electron chi connectivity index (χ0n) is 9.93. The first-order valence-electron chi connectivity index (χ1n) is 5.91. The average molecular weight is 327 g/mol. The van der Waals surface area contributed by atoms with E-state index < -0.39 is 0 Å². The standard InChI is InChI=1S/C13H15BrN2OS/c14-10-5-3-9(4-6-10)8-12(17)16-7-1-2-11(16)13(15)18/h3-6,11H,1-2,7-8H2,(H2,15,18). The van der Waals surface area contributed by atoms with Gasteiger partial charge in [0.15, 0.2) is 0 Å². The van der Waals surface area contributed by atoms with Gasteiger partial charge in [-0.05, 0) is 30.5 Å². The molecule has 18 heavy (non-hydrogen) atoms. The van der Waals surface area contributed by atoms with Gasteiger partial charge in [0.25, 0.3) is 0 Å². The lowest BCUT2D eigenvalue weighted by Gasteiger charge is -2.23. The zero-order valence-corrected chi connectivity index (χ0v) is 12.3. The van der Waals surface area contributed by atoms with Gasteiger partial charge in [0.05, 0.1) is 17.5 Å². The molecule has 0 radical (unpaired) electrons. The van der Waals surface area contributed by atoms with Crippen molar-refractivity contribution in [2.45, 2.75) is 25.3 Å². The number of amides is 1. The maximum absolute atomic E-state index is 12.2. The monoisotopic (exact) mass is 326 g/mol. The van der Waals surface area contributed by atoms with E-state index in [1.54, 1.807) is 0 Å². The Labute approximate surface area is 120 Å². The van der Waals surface area contributed by atoms with Gasteiger partial charge in [-0.25, -0.2) is 0 Å². The van der Waals surface area contributed by atoms with Crippen molar-refractivity contribution in [3.05, 3.63) is 34.3 Å². The van der Waals surface area contributed by atoms with Crippen LogP contribution in [0.5, 0.6) is 0 Å². The molecule has 1 heterocycles. The second-order valence-electron chi connectivity index (χ2n) is 4.45. The Bertz CT molecular complexity index is 461. The van der Waals surface area contributed by atoms with Gasteiger partial charge < -0.3 is 10.6 Å². The molecule has 1 aliphatic heterocycles. The largest absolute Gasteiger partial charge is 0.392 e. The fraction of sp³-hybridized carbons (Fsp3) is 0.385. The second-order valence-corrected chi connectivity index (χ2v) is 5.84. The third kappa shape index (κ3) is 3.09. The molecular formula is C13H15BrN2OS. The predicted octanol–water partition coefficient (Wildman–Crippen LogP) is 2.27. The molecule has 5 heteroatoms. The summed E-state index contributed by atoms with van der Waals surface area (Å²) in [5.74, 6) is 0.104. The second kappa shape index (κ2) is 5.80. The molecule has 1 aliphatic rings. The van der Waals surface area contributed by atoms with Crippen LogP contribution in [-0.2, 0) is 11.2 Å². The summed E-state index contributed by atoms with van der Waals surface area (Å²) < 4.78 is 1.01. The molecule has 1 saturated heterocycles. The normalized spacial score (nSPS) is 18.9. The summed E-state index contributed by atoms with van der Waals surface area (Å²) in [6.45, 7) is 0.761. The summed E-state index contributed by atoms with van der Waals surface area (Å²) in [6.07, 6.45) is 2.28. The van der Waals surface area contributed by atoms with E-state index in [1.807, 2.05) is 29.2 Å². The number of carbonyl (C=O) groups excluding carboxylic acids is 1. The van der Waals surface area contributed by atoms with E-state index >= 15 is 0 Å². The van der Waals surface area contributed by atoms with Gasteiger partial charge in [-0.1, -0.05) is 40.3 Å². The van der Waals surface area contributed by atoms with Crippen LogP contribution in [0.1, 0.15) is 18.4 Å². The summed E-state index contributed by atoms with van der Waals surface area (Å²) in [4.78, 5) is 14.5. The van der Waals surface area contributed by atoms with Crippen molar-refractivity contribution in [2.24, 2.45) is 5.73 Å². The smallest absolute Gasteiger partial charge is 0.227 e. The minimum atomic E-state index is -0.0528. The van der Waals surface area contributed by atoms with Gasteiger partial charge in [0.1, 0.15) is 0 Å². The number of hydrogen-bond acceptors (Lipinski definition) is 2. The van der Waals surface area contributed by atoms with Crippen molar-refractivity contribution >= 4 is 39.0 Å². The molecule has 0 aromatic heterocycles. The van der Waals surface area contributed by atoms with E-state index in [1.165, 1.54) is 0 Å². The number of carbonyl (C=O) groups is 1. The Hall–Kier alpha value is -0.940. The third-order valence-electron chi connectivity index (χ3n) is 3.17. The third-order valence-corrected chi connectivity index (χ3v) is 3.97. The van der Waals surface area contributed by atoms with Gasteiger partial charge in [-0.15, -0.1) is 0 Å². The number of hydrogen-bond donors (Lipinski definition) is 1. The highest BCUT2D eigenvalue weighted by molar-refractivity contribution is 9.10. The Balaban J connectivity index is 2.03. The highest BCUT2D eigenvalue weighted by Crippen LogP contribution is 2.19. The van der Waals surface area contributed by atoms with Crippen LogP contribution in [0.3, 0.4) is 0 Å². The van der Waals surface area contributed by atoms with E-state index in [0.29, 0.717) is 11.4 Å². The average Bonchev–Trinajstić information content (AvgIpc) is 2.81. The first-order chi connectivity index (χ1) is 8.58. The molecule has 1 unspecified atom stereocenters. The summed E-state index contributed by atoms with van der Waals surface area (Å²) in [5.41, 5.74) is 6.68. The summed E-state index contributed by atoms with van der Waals surface area (Å²) >= 11 is 8.39.